The topological polar surface area (TPSA) is 66.0 Å². The molecule has 1 aromatic rings. The van der Waals surface area contributed by atoms with Crippen LogP contribution in [0.1, 0.15) is 23.7 Å². The van der Waals surface area contributed by atoms with Gasteiger partial charge < -0.3 is 24.3 Å². The molecule has 1 fully saturated rings. The zero-order valence-electron chi connectivity index (χ0n) is 13.7. The average Bonchev–Trinajstić information content (AvgIpc) is 2.59. The fraction of sp³-hybridized carbons (Fsp3) is 0.588. The van der Waals surface area contributed by atoms with Crippen LogP contribution in [0.25, 0.3) is 0 Å². The second-order valence-electron chi connectivity index (χ2n) is 5.29. The molecule has 0 saturated carbocycles. The highest BCUT2D eigenvalue weighted by molar-refractivity contribution is 5.94. The molecule has 0 spiro atoms. The number of nitrogens with one attached hydrogen (secondary N) is 1. The molecule has 2 rings (SSSR count). The van der Waals surface area contributed by atoms with Gasteiger partial charge in [0.15, 0.2) is 0 Å². The number of carbonyl (C=O) groups excluding carboxylic acids is 1. The van der Waals surface area contributed by atoms with E-state index in [-0.39, 0.29) is 18.1 Å². The van der Waals surface area contributed by atoms with E-state index < -0.39 is 0 Å². The minimum Gasteiger partial charge on any atom is -0.491 e. The number of hydrogen-bond acceptors (Lipinski definition) is 5. The van der Waals surface area contributed by atoms with Gasteiger partial charge in [-0.15, -0.1) is 0 Å². The molecule has 0 aromatic heterocycles. The third-order valence-electron chi connectivity index (χ3n) is 3.72. The van der Waals surface area contributed by atoms with E-state index in [0.717, 1.165) is 6.42 Å². The molecule has 1 amide bonds. The Kier molecular flexibility index (Phi) is 7.32. The van der Waals surface area contributed by atoms with Gasteiger partial charge in [0.25, 0.3) is 5.91 Å². The molecule has 1 aliphatic rings. The summed E-state index contributed by atoms with van der Waals surface area (Å²) in [6, 6.07) is 7.11. The van der Waals surface area contributed by atoms with Crippen molar-refractivity contribution in [2.75, 3.05) is 40.1 Å². The number of carbonyl (C=O) groups is 1. The van der Waals surface area contributed by atoms with Crippen LogP contribution in [0.5, 0.6) is 5.75 Å². The van der Waals surface area contributed by atoms with Crippen molar-refractivity contribution >= 4 is 5.91 Å². The first-order valence-electron chi connectivity index (χ1n) is 7.96. The van der Waals surface area contributed by atoms with Crippen molar-refractivity contribution in [1.29, 1.82) is 0 Å². The third-order valence-corrected chi connectivity index (χ3v) is 3.72. The van der Waals surface area contributed by atoms with E-state index in [1.165, 1.54) is 0 Å². The number of rotatable bonds is 8. The SMILES string of the molecule is CCOCCOc1cccc(C(=O)NC2CCOCC2OC)c1. The Hall–Kier alpha value is -1.63. The van der Waals surface area contributed by atoms with Crippen molar-refractivity contribution < 1.29 is 23.7 Å². The van der Waals surface area contributed by atoms with Crippen molar-refractivity contribution in [3.05, 3.63) is 29.8 Å². The lowest BCUT2D eigenvalue weighted by Crippen LogP contribution is -2.49. The number of benzene rings is 1. The minimum atomic E-state index is -0.130. The van der Waals surface area contributed by atoms with Crippen LogP contribution in [-0.4, -0.2) is 58.2 Å². The van der Waals surface area contributed by atoms with Crippen LogP contribution in [0.15, 0.2) is 24.3 Å². The Morgan fingerprint density at radius 1 is 1.39 bits per heavy atom. The zero-order chi connectivity index (χ0) is 16.5. The minimum absolute atomic E-state index is 0.0382. The number of hydrogen-bond donors (Lipinski definition) is 1. The summed E-state index contributed by atoms with van der Waals surface area (Å²) in [5, 5.41) is 3.02. The monoisotopic (exact) mass is 323 g/mol. The summed E-state index contributed by atoms with van der Waals surface area (Å²) in [6.45, 7) is 4.73. The molecular formula is C17H25NO5. The maximum atomic E-state index is 12.4. The van der Waals surface area contributed by atoms with Gasteiger partial charge in [0.05, 0.1) is 19.3 Å². The van der Waals surface area contributed by atoms with Crippen molar-refractivity contribution in [2.24, 2.45) is 0 Å². The zero-order valence-corrected chi connectivity index (χ0v) is 13.7. The second kappa shape index (κ2) is 9.50. The Morgan fingerprint density at radius 3 is 3.04 bits per heavy atom. The van der Waals surface area contributed by atoms with Gasteiger partial charge in [0, 0.05) is 25.9 Å². The van der Waals surface area contributed by atoms with E-state index in [1.807, 2.05) is 19.1 Å². The molecule has 1 saturated heterocycles. The molecule has 2 atom stereocenters. The van der Waals surface area contributed by atoms with E-state index >= 15 is 0 Å². The predicted octanol–water partition coefficient (Wildman–Crippen LogP) is 1.64. The second-order valence-corrected chi connectivity index (χ2v) is 5.29. The summed E-state index contributed by atoms with van der Waals surface area (Å²) in [5.41, 5.74) is 0.570. The van der Waals surface area contributed by atoms with E-state index in [9.17, 15) is 4.79 Å². The largest absolute Gasteiger partial charge is 0.491 e. The number of ether oxygens (including phenoxy) is 4. The molecule has 0 radical (unpaired) electrons. The van der Waals surface area contributed by atoms with Gasteiger partial charge in [-0.3, -0.25) is 4.79 Å². The van der Waals surface area contributed by atoms with Crippen LogP contribution in [0.4, 0.5) is 0 Å². The van der Waals surface area contributed by atoms with Crippen LogP contribution in [0, 0.1) is 0 Å². The fourth-order valence-corrected chi connectivity index (χ4v) is 2.45. The quantitative estimate of drug-likeness (QED) is 0.737. The molecule has 1 heterocycles. The normalized spacial score (nSPS) is 21.0. The predicted molar refractivity (Wildman–Crippen MR) is 85.9 cm³/mol. The molecule has 0 bridgehead atoms. The van der Waals surface area contributed by atoms with E-state index in [0.29, 0.717) is 44.3 Å². The highest BCUT2D eigenvalue weighted by Gasteiger charge is 2.27. The first kappa shape index (κ1) is 17.7. The first-order valence-corrected chi connectivity index (χ1v) is 7.96. The van der Waals surface area contributed by atoms with Crippen LogP contribution in [0.2, 0.25) is 0 Å². The number of amides is 1. The molecule has 128 valence electrons. The van der Waals surface area contributed by atoms with Crippen molar-refractivity contribution in [3.63, 3.8) is 0 Å². The van der Waals surface area contributed by atoms with Crippen molar-refractivity contribution in [2.45, 2.75) is 25.5 Å². The van der Waals surface area contributed by atoms with Gasteiger partial charge in [-0.1, -0.05) is 6.07 Å². The molecule has 1 N–H and O–H groups in total. The van der Waals surface area contributed by atoms with Crippen molar-refractivity contribution in [1.82, 2.24) is 5.32 Å². The van der Waals surface area contributed by atoms with E-state index in [2.05, 4.69) is 5.32 Å². The average molecular weight is 323 g/mol. The highest BCUT2D eigenvalue weighted by Crippen LogP contribution is 2.15. The molecule has 2 unspecified atom stereocenters. The lowest BCUT2D eigenvalue weighted by atomic mass is 10.1. The van der Waals surface area contributed by atoms with Gasteiger partial charge in [-0.2, -0.15) is 0 Å². The lowest BCUT2D eigenvalue weighted by molar-refractivity contribution is -0.0479. The smallest absolute Gasteiger partial charge is 0.251 e. The van der Waals surface area contributed by atoms with Crippen molar-refractivity contribution in [3.8, 4) is 5.75 Å². The van der Waals surface area contributed by atoms with Gasteiger partial charge in [0.2, 0.25) is 0 Å². The summed E-state index contributed by atoms with van der Waals surface area (Å²) in [7, 11) is 1.63. The van der Waals surface area contributed by atoms with Gasteiger partial charge in [-0.25, -0.2) is 0 Å². The summed E-state index contributed by atoms with van der Waals surface area (Å²) < 4.78 is 21.5. The summed E-state index contributed by atoms with van der Waals surface area (Å²) in [6.07, 6.45) is 0.632. The molecule has 6 heteroatoms. The highest BCUT2D eigenvalue weighted by atomic mass is 16.5. The molecule has 23 heavy (non-hydrogen) atoms. The lowest BCUT2D eigenvalue weighted by Gasteiger charge is -2.31. The molecule has 1 aliphatic heterocycles. The van der Waals surface area contributed by atoms with Crippen LogP contribution < -0.4 is 10.1 Å². The molecule has 6 nitrogen and oxygen atoms in total. The molecule has 1 aromatic carbocycles. The van der Waals surface area contributed by atoms with Crippen LogP contribution in [0.3, 0.4) is 0 Å². The van der Waals surface area contributed by atoms with Crippen LogP contribution in [-0.2, 0) is 14.2 Å². The van der Waals surface area contributed by atoms with Crippen LogP contribution >= 0.6 is 0 Å². The first-order chi connectivity index (χ1) is 11.2. The van der Waals surface area contributed by atoms with E-state index in [4.69, 9.17) is 18.9 Å². The molecule has 0 aliphatic carbocycles. The maximum Gasteiger partial charge on any atom is 0.251 e. The fourth-order valence-electron chi connectivity index (χ4n) is 2.45. The Bertz CT molecular complexity index is 494. The summed E-state index contributed by atoms with van der Waals surface area (Å²) in [5.74, 6) is 0.529. The standard InChI is InChI=1S/C17H25NO5/c1-3-21-9-10-23-14-6-4-5-13(11-14)17(19)18-15-7-8-22-12-16(15)20-2/h4-6,11,15-16H,3,7-10,12H2,1-2H3,(H,18,19). The maximum absolute atomic E-state index is 12.4. The van der Waals surface area contributed by atoms with Gasteiger partial charge >= 0.3 is 0 Å². The Balaban J connectivity index is 1.90. The van der Waals surface area contributed by atoms with Gasteiger partial charge in [-0.05, 0) is 31.5 Å². The number of methoxy groups -OCH3 is 1. The van der Waals surface area contributed by atoms with E-state index in [1.54, 1.807) is 19.2 Å². The Morgan fingerprint density at radius 2 is 2.26 bits per heavy atom. The third kappa shape index (κ3) is 5.49. The molecular weight excluding hydrogens is 298 g/mol. The summed E-state index contributed by atoms with van der Waals surface area (Å²) >= 11 is 0. The Labute approximate surface area is 137 Å². The summed E-state index contributed by atoms with van der Waals surface area (Å²) in [4.78, 5) is 12.4. The van der Waals surface area contributed by atoms with Gasteiger partial charge in [0.1, 0.15) is 18.5 Å².